The van der Waals surface area contributed by atoms with E-state index in [1.807, 2.05) is 125 Å². The quantitative estimate of drug-likeness (QED) is 0.143. The molecule has 0 amide bonds. The van der Waals surface area contributed by atoms with Gasteiger partial charge in [-0.05, 0) is 243 Å². The van der Waals surface area contributed by atoms with Crippen LogP contribution >= 0.6 is 0 Å². The van der Waals surface area contributed by atoms with Gasteiger partial charge in [-0.25, -0.2) is 0 Å². The molecule has 6 aliphatic carbocycles. The van der Waals surface area contributed by atoms with Crippen molar-refractivity contribution < 1.29 is 0 Å². The summed E-state index contributed by atoms with van der Waals surface area (Å²) in [6, 6.07) is 67.2. The number of rotatable bonds is 9. The molecular formula is C96H141N3. The molecule has 9 aromatic rings. The van der Waals surface area contributed by atoms with E-state index in [1.54, 1.807) is 0 Å². The topological polar surface area (TPSA) is 9.72 Å². The maximum atomic E-state index is 2.43. The standard InChI is InChI=1S/3C20H14.3C6H15N.9C2H6/c2*1-3-7-16-14(6-1)12-19-18(16)10-9-15-11-13-5-2-4-8-17(13)20(15)19;1-3-7-17-13(5-1)9-15-11-20-16(12-19(15)17)10-14-6-2-4-8-18(14)20;3*1-4-7(5-2)6-3;9*1-2/h2*1-10H,11-12H2;1-8,11-12H,9-10H2;3*4-6H2,1-3H3;9*1-2H3. The highest BCUT2D eigenvalue weighted by Crippen LogP contribution is 2.49. The first-order valence-corrected chi connectivity index (χ1v) is 39.9. The molecule has 99 heavy (non-hydrogen) atoms. The molecule has 0 bridgehead atoms. The molecule has 0 aromatic heterocycles. The fourth-order valence-electron chi connectivity index (χ4n) is 13.5. The van der Waals surface area contributed by atoms with Crippen molar-refractivity contribution in [3.63, 3.8) is 0 Å². The van der Waals surface area contributed by atoms with E-state index in [2.05, 4.69) is 259 Å². The van der Waals surface area contributed by atoms with E-state index in [1.165, 1.54) is 192 Å². The molecule has 0 fully saturated rings. The molecule has 540 valence electrons. The zero-order valence-electron chi connectivity index (χ0n) is 68.3. The predicted octanol–water partition coefficient (Wildman–Crippen LogP) is 27.8. The van der Waals surface area contributed by atoms with Gasteiger partial charge in [0.1, 0.15) is 0 Å². The van der Waals surface area contributed by atoms with Crippen molar-refractivity contribution >= 4 is 0 Å². The summed E-state index contributed by atoms with van der Waals surface area (Å²) in [6.45, 7) is 66.4. The van der Waals surface area contributed by atoms with Crippen LogP contribution in [-0.4, -0.2) is 73.6 Å². The second-order valence-electron chi connectivity index (χ2n) is 22.3. The van der Waals surface area contributed by atoms with Crippen molar-refractivity contribution in [1.29, 1.82) is 0 Å². The number of fused-ring (bicyclic) bond motifs is 20. The van der Waals surface area contributed by atoms with Crippen molar-refractivity contribution in [1.82, 2.24) is 14.7 Å². The highest BCUT2D eigenvalue weighted by atomic mass is 15.1. The molecule has 0 unspecified atom stereocenters. The molecule has 3 heteroatoms. The molecule has 6 aliphatic rings. The molecule has 0 heterocycles. The van der Waals surface area contributed by atoms with Gasteiger partial charge < -0.3 is 14.7 Å². The molecule has 0 spiro atoms. The SMILES string of the molecule is CC.CC.CC.CC.CC.CC.CC.CC.CC.CCN(CC)CC.CCN(CC)CC.CCN(CC)CC.c1ccc2c(c1)Cc1c-2ccc2c1-c1ccccc1C2.c1ccc2c(c1)Cc1c-2ccc2c1-c1ccccc1C2.c1ccc2c(c1)Cc1cc3c(cc1-2)Cc1ccccc1-3. The molecule has 0 saturated carbocycles. The Bertz CT molecular complexity index is 3340. The normalized spacial score (nSPS) is 11.0. The summed E-state index contributed by atoms with van der Waals surface area (Å²) in [6.07, 6.45) is 6.53. The van der Waals surface area contributed by atoms with Crippen LogP contribution < -0.4 is 0 Å². The highest BCUT2D eigenvalue weighted by molar-refractivity contribution is 5.91. The molecular weight excluding hydrogens is 1200 g/mol. The van der Waals surface area contributed by atoms with E-state index in [4.69, 9.17) is 0 Å². The molecule has 0 aliphatic heterocycles. The second kappa shape index (κ2) is 51.9. The van der Waals surface area contributed by atoms with Crippen LogP contribution in [0.2, 0.25) is 0 Å². The smallest absolute Gasteiger partial charge is 0.000718 e. The Kier molecular flexibility index (Phi) is 47.1. The maximum absolute atomic E-state index is 2.43. The van der Waals surface area contributed by atoms with E-state index in [0.717, 1.165) is 38.5 Å². The van der Waals surface area contributed by atoms with Gasteiger partial charge in [0.05, 0.1) is 0 Å². The van der Waals surface area contributed by atoms with Crippen LogP contribution in [-0.2, 0) is 38.5 Å². The lowest BCUT2D eigenvalue weighted by molar-refractivity contribution is 0.321. The van der Waals surface area contributed by atoms with Crippen LogP contribution in [0.25, 0.3) is 66.8 Å². The number of hydrogen-bond acceptors (Lipinski definition) is 3. The highest BCUT2D eigenvalue weighted by Gasteiger charge is 2.30. The molecule has 0 N–H and O–H groups in total. The van der Waals surface area contributed by atoms with Gasteiger partial charge >= 0.3 is 0 Å². The van der Waals surface area contributed by atoms with E-state index < -0.39 is 0 Å². The van der Waals surface area contributed by atoms with Crippen LogP contribution in [0.5, 0.6) is 0 Å². The van der Waals surface area contributed by atoms with Gasteiger partial charge in [-0.3, -0.25) is 0 Å². The first-order chi connectivity index (χ1) is 48.8. The van der Waals surface area contributed by atoms with Crippen LogP contribution in [0.3, 0.4) is 0 Å². The van der Waals surface area contributed by atoms with E-state index in [0.29, 0.717) is 0 Å². The van der Waals surface area contributed by atoms with Gasteiger partial charge in [0, 0.05) is 0 Å². The Morgan fingerprint density at radius 2 is 0.374 bits per heavy atom. The summed E-state index contributed by atoms with van der Waals surface area (Å²) in [4.78, 5) is 7.12. The number of benzene rings is 9. The fraction of sp³-hybridized carbons (Fsp3) is 0.438. The van der Waals surface area contributed by atoms with Crippen LogP contribution in [0.1, 0.15) is 254 Å². The summed E-state index contributed by atoms with van der Waals surface area (Å²) in [5.74, 6) is 0. The minimum Gasteiger partial charge on any atom is -0.304 e. The Morgan fingerprint density at radius 1 is 0.182 bits per heavy atom. The van der Waals surface area contributed by atoms with Crippen molar-refractivity contribution in [3.05, 3.63) is 249 Å². The van der Waals surface area contributed by atoms with Crippen molar-refractivity contribution in [2.45, 2.75) is 225 Å². The summed E-state index contributed by atoms with van der Waals surface area (Å²) in [5, 5.41) is 0. The number of hydrogen-bond donors (Lipinski definition) is 0. The van der Waals surface area contributed by atoms with Crippen LogP contribution in [0.4, 0.5) is 0 Å². The van der Waals surface area contributed by atoms with Crippen molar-refractivity contribution in [2.24, 2.45) is 0 Å². The minimum atomic E-state index is 1.08. The van der Waals surface area contributed by atoms with E-state index >= 15 is 0 Å². The molecule has 0 atom stereocenters. The lowest BCUT2D eigenvalue weighted by atomic mass is 9.95. The molecule has 15 rings (SSSR count). The third-order valence-electron chi connectivity index (χ3n) is 18.2. The summed E-state index contributed by atoms with van der Waals surface area (Å²) >= 11 is 0. The van der Waals surface area contributed by atoms with Crippen molar-refractivity contribution in [3.8, 4) is 66.8 Å². The van der Waals surface area contributed by atoms with E-state index in [9.17, 15) is 0 Å². The lowest BCUT2D eigenvalue weighted by Crippen LogP contribution is -2.21. The minimum absolute atomic E-state index is 1.08. The zero-order chi connectivity index (χ0) is 74.4. The Labute approximate surface area is 611 Å². The monoisotopic (exact) mass is 1340 g/mol. The van der Waals surface area contributed by atoms with Gasteiger partial charge in [-0.1, -0.05) is 357 Å². The molecule has 0 radical (unpaired) electrons. The summed E-state index contributed by atoms with van der Waals surface area (Å²) in [5.41, 5.74) is 35.3. The number of nitrogens with zero attached hydrogens (tertiary/aromatic N) is 3. The Hall–Kier alpha value is -7.14. The second-order valence-corrected chi connectivity index (χ2v) is 22.3. The van der Waals surface area contributed by atoms with E-state index in [-0.39, 0.29) is 0 Å². The largest absolute Gasteiger partial charge is 0.304 e. The molecule has 3 nitrogen and oxygen atoms in total. The molecule has 9 aromatic carbocycles. The predicted molar refractivity (Wildman–Crippen MR) is 451 cm³/mol. The van der Waals surface area contributed by atoms with Gasteiger partial charge in [0.15, 0.2) is 0 Å². The average Bonchev–Trinajstić information content (AvgIpc) is 1.61. The van der Waals surface area contributed by atoms with Gasteiger partial charge in [-0.15, -0.1) is 0 Å². The third kappa shape index (κ3) is 23.5. The van der Waals surface area contributed by atoms with Crippen molar-refractivity contribution in [2.75, 3.05) is 58.9 Å². The fourth-order valence-corrected chi connectivity index (χ4v) is 13.5. The Balaban J connectivity index is 0.000000594. The zero-order valence-corrected chi connectivity index (χ0v) is 68.3. The third-order valence-corrected chi connectivity index (χ3v) is 18.2. The first kappa shape index (κ1) is 89.9. The van der Waals surface area contributed by atoms with Gasteiger partial charge in [-0.2, -0.15) is 0 Å². The maximum Gasteiger partial charge on any atom is -0.000718 e. The summed E-state index contributed by atoms with van der Waals surface area (Å²) < 4.78 is 0. The lowest BCUT2D eigenvalue weighted by Gasteiger charge is -2.13. The summed E-state index contributed by atoms with van der Waals surface area (Å²) in [7, 11) is 0. The van der Waals surface area contributed by atoms with Crippen LogP contribution in [0.15, 0.2) is 182 Å². The molecule has 0 saturated heterocycles. The van der Waals surface area contributed by atoms with Gasteiger partial charge in [0.2, 0.25) is 0 Å². The first-order valence-electron chi connectivity index (χ1n) is 39.9. The Morgan fingerprint density at radius 3 is 0.606 bits per heavy atom. The average molecular weight is 1340 g/mol. The van der Waals surface area contributed by atoms with Gasteiger partial charge in [0.25, 0.3) is 0 Å². The van der Waals surface area contributed by atoms with Crippen LogP contribution in [0, 0.1) is 0 Å².